The largest absolute Gasteiger partial charge is 0.429 e. The second-order valence-electron chi connectivity index (χ2n) is 5.77. The van der Waals surface area contributed by atoms with E-state index in [-0.39, 0.29) is 11.3 Å². The molecule has 0 heterocycles. The number of amides is 1. The maximum atomic E-state index is 11.5. The van der Waals surface area contributed by atoms with Crippen LogP contribution in [0, 0.1) is 6.92 Å². The number of primary amides is 1. The number of ether oxygens (including phenoxy) is 1. The first kappa shape index (κ1) is 16.5. The van der Waals surface area contributed by atoms with Gasteiger partial charge in [-0.1, -0.05) is 48.0 Å². The van der Waals surface area contributed by atoms with E-state index in [2.05, 4.69) is 24.3 Å². The Morgan fingerprint density at radius 2 is 1.56 bits per heavy atom. The number of benzene rings is 3. The van der Waals surface area contributed by atoms with Crippen molar-refractivity contribution in [3.8, 4) is 28.0 Å². The van der Waals surface area contributed by atoms with Gasteiger partial charge in [-0.25, -0.2) is 0 Å². The molecule has 25 heavy (non-hydrogen) atoms. The summed E-state index contributed by atoms with van der Waals surface area (Å²) in [5.74, 6) is -0.297. The molecule has 2 N–H and O–H groups in total. The zero-order valence-corrected chi connectivity index (χ0v) is 13.7. The van der Waals surface area contributed by atoms with Crippen molar-refractivity contribution in [3.63, 3.8) is 0 Å². The lowest BCUT2D eigenvalue weighted by molar-refractivity contribution is -0.120. The lowest BCUT2D eigenvalue weighted by Crippen LogP contribution is -2.11. The summed E-state index contributed by atoms with van der Waals surface area (Å²) < 4.78 is 4.90. The topological polar surface area (TPSA) is 69.4 Å². The Morgan fingerprint density at radius 1 is 0.880 bits per heavy atom. The molecule has 0 fully saturated rings. The van der Waals surface area contributed by atoms with Gasteiger partial charge in [-0.2, -0.15) is 0 Å². The monoisotopic (exact) mass is 331 g/mol. The molecule has 0 aliphatic carbocycles. The molecule has 0 saturated heterocycles. The summed E-state index contributed by atoms with van der Waals surface area (Å²) >= 11 is 0. The quantitative estimate of drug-likeness (QED) is 0.719. The fourth-order valence-electron chi connectivity index (χ4n) is 2.66. The van der Waals surface area contributed by atoms with Gasteiger partial charge in [0, 0.05) is 5.56 Å². The minimum absolute atomic E-state index is 0.280. The summed E-state index contributed by atoms with van der Waals surface area (Å²) in [6.45, 7) is 2.37. The van der Waals surface area contributed by atoms with Crippen LogP contribution in [0.4, 0.5) is 0 Å². The molecule has 3 rings (SSSR count). The molecular formula is C21H17NO3. The molecule has 4 nitrogen and oxygen atoms in total. The molecule has 0 aliphatic heterocycles. The van der Waals surface area contributed by atoms with Crippen LogP contribution >= 0.6 is 0 Å². The van der Waals surface area contributed by atoms with Crippen LogP contribution < -0.4 is 10.5 Å². The standard InChI is InChI=1S/C21H17NO3/c1-14-5-7-15(8-6-14)16-3-2-4-17(9-16)18-10-19(21(22)24)12-20(11-18)25-13-23/h2-13H,1H3,(H2,22,24). The van der Waals surface area contributed by atoms with E-state index in [1.54, 1.807) is 12.1 Å². The highest BCUT2D eigenvalue weighted by atomic mass is 16.5. The van der Waals surface area contributed by atoms with Crippen LogP contribution in [0.15, 0.2) is 66.7 Å². The van der Waals surface area contributed by atoms with Crippen molar-refractivity contribution < 1.29 is 14.3 Å². The molecule has 0 radical (unpaired) electrons. The van der Waals surface area contributed by atoms with Gasteiger partial charge < -0.3 is 10.5 Å². The first-order valence-corrected chi connectivity index (χ1v) is 7.79. The Hall–Kier alpha value is -3.40. The lowest BCUT2D eigenvalue weighted by Gasteiger charge is -2.09. The molecule has 4 heteroatoms. The van der Waals surface area contributed by atoms with Crippen molar-refractivity contribution in [1.29, 1.82) is 0 Å². The van der Waals surface area contributed by atoms with E-state index in [0.717, 1.165) is 22.3 Å². The second kappa shape index (κ2) is 7.01. The molecule has 0 unspecified atom stereocenters. The molecule has 0 saturated carbocycles. The Morgan fingerprint density at radius 3 is 2.20 bits per heavy atom. The highest BCUT2D eigenvalue weighted by Gasteiger charge is 2.09. The van der Waals surface area contributed by atoms with E-state index in [9.17, 15) is 9.59 Å². The fraction of sp³-hybridized carbons (Fsp3) is 0.0476. The van der Waals surface area contributed by atoms with Crippen LogP contribution in [0.5, 0.6) is 5.75 Å². The van der Waals surface area contributed by atoms with Crippen molar-refractivity contribution in [2.45, 2.75) is 6.92 Å². The van der Waals surface area contributed by atoms with E-state index in [4.69, 9.17) is 10.5 Å². The Labute approximate surface area is 145 Å². The maximum absolute atomic E-state index is 11.5. The Balaban J connectivity index is 2.07. The second-order valence-corrected chi connectivity index (χ2v) is 5.77. The SMILES string of the molecule is Cc1ccc(-c2cccc(-c3cc(OC=O)cc(C(N)=O)c3)c2)cc1. The van der Waals surface area contributed by atoms with Crippen LogP contribution in [-0.2, 0) is 4.79 Å². The molecule has 3 aromatic carbocycles. The summed E-state index contributed by atoms with van der Waals surface area (Å²) in [6.07, 6.45) is 0. The molecule has 0 aliphatic rings. The van der Waals surface area contributed by atoms with Crippen molar-refractivity contribution in [1.82, 2.24) is 0 Å². The zero-order chi connectivity index (χ0) is 17.8. The van der Waals surface area contributed by atoms with Gasteiger partial charge in [0.2, 0.25) is 5.91 Å². The number of hydrogen-bond donors (Lipinski definition) is 1. The number of hydrogen-bond acceptors (Lipinski definition) is 3. The highest BCUT2D eigenvalue weighted by molar-refractivity contribution is 5.95. The highest BCUT2D eigenvalue weighted by Crippen LogP contribution is 2.30. The Kier molecular flexibility index (Phi) is 4.61. The average molecular weight is 331 g/mol. The molecule has 0 bridgehead atoms. The van der Waals surface area contributed by atoms with Gasteiger partial charge in [0.15, 0.2) is 0 Å². The number of carbonyl (C=O) groups is 2. The predicted molar refractivity (Wildman–Crippen MR) is 97.3 cm³/mol. The maximum Gasteiger partial charge on any atom is 0.298 e. The van der Waals surface area contributed by atoms with Crippen molar-refractivity contribution in [2.24, 2.45) is 5.73 Å². The van der Waals surface area contributed by atoms with Crippen LogP contribution in [0.25, 0.3) is 22.3 Å². The predicted octanol–water partition coefficient (Wildman–Crippen LogP) is 3.96. The summed E-state index contributed by atoms with van der Waals surface area (Å²) in [5.41, 5.74) is 10.7. The molecule has 1 amide bonds. The van der Waals surface area contributed by atoms with Crippen molar-refractivity contribution >= 4 is 12.4 Å². The minimum Gasteiger partial charge on any atom is -0.429 e. The van der Waals surface area contributed by atoms with Gasteiger partial charge in [-0.05, 0) is 53.4 Å². The van der Waals surface area contributed by atoms with E-state index >= 15 is 0 Å². The molecule has 124 valence electrons. The number of rotatable bonds is 5. The Bertz CT molecular complexity index is 930. The normalized spacial score (nSPS) is 10.3. The third kappa shape index (κ3) is 3.75. The summed E-state index contributed by atoms with van der Waals surface area (Å²) in [5, 5.41) is 0. The molecule has 0 aromatic heterocycles. The number of carbonyl (C=O) groups excluding carboxylic acids is 2. The van der Waals surface area contributed by atoms with Crippen LogP contribution in [0.1, 0.15) is 15.9 Å². The van der Waals surface area contributed by atoms with E-state index in [0.29, 0.717) is 6.47 Å². The smallest absolute Gasteiger partial charge is 0.298 e. The third-order valence-electron chi connectivity index (χ3n) is 3.96. The molecule has 3 aromatic rings. The zero-order valence-electron chi connectivity index (χ0n) is 13.7. The van der Waals surface area contributed by atoms with E-state index in [1.807, 2.05) is 31.2 Å². The fourth-order valence-corrected chi connectivity index (χ4v) is 2.66. The lowest BCUT2D eigenvalue weighted by atomic mass is 9.97. The molecule has 0 spiro atoms. The van der Waals surface area contributed by atoms with Crippen LogP contribution in [0.3, 0.4) is 0 Å². The summed E-state index contributed by atoms with van der Waals surface area (Å²) in [6, 6.07) is 21.0. The van der Waals surface area contributed by atoms with Gasteiger partial charge >= 0.3 is 0 Å². The average Bonchev–Trinajstić information content (AvgIpc) is 2.62. The first-order chi connectivity index (χ1) is 12.1. The van der Waals surface area contributed by atoms with Crippen molar-refractivity contribution in [3.05, 3.63) is 77.9 Å². The molecule has 0 atom stereocenters. The van der Waals surface area contributed by atoms with Gasteiger partial charge in [-0.3, -0.25) is 9.59 Å². The van der Waals surface area contributed by atoms with E-state index in [1.165, 1.54) is 11.6 Å². The summed E-state index contributed by atoms with van der Waals surface area (Å²) in [7, 11) is 0. The van der Waals surface area contributed by atoms with Crippen molar-refractivity contribution in [2.75, 3.05) is 0 Å². The van der Waals surface area contributed by atoms with E-state index < -0.39 is 5.91 Å². The first-order valence-electron chi connectivity index (χ1n) is 7.79. The minimum atomic E-state index is -0.577. The third-order valence-corrected chi connectivity index (χ3v) is 3.96. The molecular weight excluding hydrogens is 314 g/mol. The summed E-state index contributed by atoms with van der Waals surface area (Å²) in [4.78, 5) is 22.2. The van der Waals surface area contributed by atoms with Gasteiger partial charge in [0.05, 0.1) is 0 Å². The number of aryl methyl sites for hydroxylation is 1. The van der Waals surface area contributed by atoms with Gasteiger partial charge in [0.25, 0.3) is 6.47 Å². The number of nitrogens with two attached hydrogens (primary N) is 1. The van der Waals surface area contributed by atoms with Gasteiger partial charge in [0.1, 0.15) is 5.75 Å². The van der Waals surface area contributed by atoms with Crippen LogP contribution in [0.2, 0.25) is 0 Å². The van der Waals surface area contributed by atoms with Crippen LogP contribution in [-0.4, -0.2) is 12.4 Å². The van der Waals surface area contributed by atoms with Gasteiger partial charge in [-0.15, -0.1) is 0 Å².